The molecule has 3 fully saturated rings. The van der Waals surface area contributed by atoms with Crippen LogP contribution in [-0.2, 0) is 19.1 Å². The highest BCUT2D eigenvalue weighted by molar-refractivity contribution is 6.30. The van der Waals surface area contributed by atoms with Gasteiger partial charge in [-0.15, -0.1) is 13.2 Å². The lowest BCUT2D eigenvalue weighted by atomic mass is 9.66. The van der Waals surface area contributed by atoms with E-state index in [0.29, 0.717) is 30.1 Å². The quantitative estimate of drug-likeness (QED) is 0.457. The molecule has 2 unspecified atom stereocenters. The Morgan fingerprint density at radius 1 is 1.18 bits per heavy atom. The number of benzene rings is 1. The van der Waals surface area contributed by atoms with E-state index in [4.69, 9.17) is 16.3 Å². The van der Waals surface area contributed by atoms with Gasteiger partial charge in [-0.1, -0.05) is 37.6 Å². The zero-order valence-electron chi connectivity index (χ0n) is 22.6. The van der Waals surface area contributed by atoms with Crippen molar-refractivity contribution in [1.82, 2.24) is 9.80 Å². The first kappa shape index (κ1) is 28.3. The smallest absolute Gasteiger partial charge is 0.253 e. The van der Waals surface area contributed by atoms with Crippen molar-refractivity contribution < 1.29 is 24.2 Å². The highest BCUT2D eigenvalue weighted by atomic mass is 35.5. The third kappa shape index (κ3) is 4.27. The number of ether oxygens (including phenoxy) is 1. The third-order valence-corrected chi connectivity index (χ3v) is 8.78. The molecule has 0 radical (unpaired) electrons. The lowest BCUT2D eigenvalue weighted by Gasteiger charge is -2.40. The van der Waals surface area contributed by atoms with E-state index in [2.05, 4.69) is 13.2 Å². The second kappa shape index (κ2) is 10.5. The number of carbonyl (C=O) groups excluding carboxylic acids is 3. The minimum atomic E-state index is -1.19. The summed E-state index contributed by atoms with van der Waals surface area (Å²) in [6.07, 6.45) is 4.26. The minimum absolute atomic E-state index is 0.136. The average molecular weight is 544 g/mol. The maximum atomic E-state index is 14.5. The first-order chi connectivity index (χ1) is 18.0. The molecule has 8 nitrogen and oxygen atoms in total. The van der Waals surface area contributed by atoms with E-state index in [1.807, 2.05) is 20.8 Å². The number of likely N-dealkylation sites (N-methyl/N-ethyl adjacent to an activating group) is 1. The molecule has 0 aliphatic carbocycles. The highest BCUT2D eigenvalue weighted by Crippen LogP contribution is 2.64. The van der Waals surface area contributed by atoms with Crippen LogP contribution in [0.3, 0.4) is 0 Å². The van der Waals surface area contributed by atoms with Crippen LogP contribution in [0.4, 0.5) is 5.69 Å². The molecular formula is C29H38ClN3O5. The van der Waals surface area contributed by atoms with Gasteiger partial charge in [0.25, 0.3) is 5.91 Å². The largest absolute Gasteiger partial charge is 0.394 e. The third-order valence-electron chi connectivity index (χ3n) is 8.52. The predicted molar refractivity (Wildman–Crippen MR) is 147 cm³/mol. The zero-order chi connectivity index (χ0) is 28.0. The molecule has 0 saturated carbocycles. The van der Waals surface area contributed by atoms with Crippen molar-refractivity contribution in [2.75, 3.05) is 31.6 Å². The van der Waals surface area contributed by atoms with Crippen molar-refractivity contribution in [2.24, 2.45) is 17.8 Å². The summed E-state index contributed by atoms with van der Waals surface area (Å²) >= 11 is 6.10. The molecule has 1 aromatic carbocycles. The van der Waals surface area contributed by atoms with Crippen LogP contribution in [0.15, 0.2) is 49.6 Å². The fraction of sp³-hybridized carbons (Fsp3) is 0.552. The normalized spacial score (nSPS) is 30.3. The Balaban J connectivity index is 1.86. The molecule has 3 amide bonds. The van der Waals surface area contributed by atoms with Crippen LogP contribution >= 0.6 is 11.6 Å². The van der Waals surface area contributed by atoms with Gasteiger partial charge in [0.15, 0.2) is 0 Å². The van der Waals surface area contributed by atoms with E-state index in [-0.39, 0.29) is 36.8 Å². The summed E-state index contributed by atoms with van der Waals surface area (Å²) in [6.45, 7) is 13.5. The summed E-state index contributed by atoms with van der Waals surface area (Å²) in [5.41, 5.74) is -1.46. The minimum Gasteiger partial charge on any atom is -0.394 e. The van der Waals surface area contributed by atoms with Gasteiger partial charge in [0.05, 0.1) is 30.1 Å². The van der Waals surface area contributed by atoms with E-state index in [1.54, 1.807) is 53.3 Å². The number of hydrogen-bond donors (Lipinski definition) is 1. The first-order valence-corrected chi connectivity index (χ1v) is 13.5. The first-order valence-electron chi connectivity index (χ1n) is 13.1. The number of aliphatic hydroxyl groups excluding tert-OH is 1. The average Bonchev–Trinajstić information content (AvgIpc) is 3.44. The van der Waals surface area contributed by atoms with E-state index >= 15 is 0 Å². The fourth-order valence-electron chi connectivity index (χ4n) is 6.74. The number of hydrogen-bond acceptors (Lipinski definition) is 5. The Morgan fingerprint density at radius 2 is 1.82 bits per heavy atom. The fourth-order valence-corrected chi connectivity index (χ4v) is 6.86. The SMILES string of the molecule is C=CCN(C)C(=O)[C@H]1[C@H]2C(=O)N([C@@H](CO)C(C)C)C(C(=O)N(CC=C)c3ccc(Cl)cc3)C23CC[C@]1(C)O3. The molecular weight excluding hydrogens is 506 g/mol. The van der Waals surface area contributed by atoms with E-state index in [1.165, 1.54) is 4.90 Å². The standard InChI is InChI=1S/C29H38ClN3O5/c1-7-15-31(6)25(35)22-23-26(36)33(21(17-34)18(3)4)24(29(23)14-13-28(22,5)38-29)27(37)32(16-8-2)20-11-9-19(30)10-12-20/h7-12,18,21-24,34H,1-2,13-17H2,3-6H3/t21-,22+,23-,24?,28-,29?/m0/s1. The van der Waals surface area contributed by atoms with Crippen LogP contribution in [0, 0.1) is 17.8 Å². The second-order valence-electron chi connectivity index (χ2n) is 11.2. The topological polar surface area (TPSA) is 90.4 Å². The molecule has 9 heteroatoms. The molecule has 3 aliphatic rings. The number of aliphatic hydroxyl groups is 1. The molecule has 1 spiro atoms. The molecule has 206 valence electrons. The molecule has 1 aromatic rings. The molecule has 6 atom stereocenters. The molecule has 4 rings (SSSR count). The lowest BCUT2D eigenvalue weighted by molar-refractivity contribution is -0.152. The Kier molecular flexibility index (Phi) is 7.81. The van der Waals surface area contributed by atoms with Crippen LogP contribution in [-0.4, -0.2) is 82.7 Å². The zero-order valence-corrected chi connectivity index (χ0v) is 23.4. The van der Waals surface area contributed by atoms with Crippen molar-refractivity contribution in [1.29, 1.82) is 0 Å². The van der Waals surface area contributed by atoms with Crippen LogP contribution in [0.25, 0.3) is 0 Å². The highest BCUT2D eigenvalue weighted by Gasteiger charge is 2.78. The summed E-state index contributed by atoms with van der Waals surface area (Å²) in [7, 11) is 1.68. The van der Waals surface area contributed by atoms with E-state index < -0.39 is 35.1 Å². The number of rotatable bonds is 10. The molecule has 3 saturated heterocycles. The Bertz CT molecular complexity index is 1120. The van der Waals surface area contributed by atoms with E-state index in [0.717, 1.165) is 0 Å². The van der Waals surface area contributed by atoms with Crippen molar-refractivity contribution in [3.05, 3.63) is 54.6 Å². The number of carbonyl (C=O) groups is 3. The van der Waals surface area contributed by atoms with Gasteiger partial charge in [-0.05, 0) is 49.9 Å². The molecule has 3 heterocycles. The summed E-state index contributed by atoms with van der Waals surface area (Å²) in [5, 5.41) is 10.9. The molecule has 0 aromatic heterocycles. The summed E-state index contributed by atoms with van der Waals surface area (Å²) in [4.78, 5) is 47.2. The maximum absolute atomic E-state index is 14.5. The second-order valence-corrected chi connectivity index (χ2v) is 11.6. The molecule has 3 aliphatic heterocycles. The Hall–Kier alpha value is -2.68. The summed E-state index contributed by atoms with van der Waals surface area (Å²) < 4.78 is 6.71. The summed E-state index contributed by atoms with van der Waals surface area (Å²) in [5.74, 6) is -2.57. The number of fused-ring (bicyclic) bond motifs is 1. The lowest BCUT2D eigenvalue weighted by Crippen LogP contribution is -2.60. The van der Waals surface area contributed by atoms with Crippen LogP contribution in [0.2, 0.25) is 5.02 Å². The van der Waals surface area contributed by atoms with Gasteiger partial charge in [0, 0.05) is 30.8 Å². The summed E-state index contributed by atoms with van der Waals surface area (Å²) in [6, 6.07) is 5.26. The Labute approximate surface area is 229 Å². The van der Waals surface area contributed by atoms with Crippen molar-refractivity contribution >= 4 is 35.0 Å². The Morgan fingerprint density at radius 3 is 2.37 bits per heavy atom. The van der Waals surface area contributed by atoms with Crippen LogP contribution in [0.5, 0.6) is 0 Å². The molecule has 1 N–H and O–H groups in total. The van der Waals surface area contributed by atoms with E-state index in [9.17, 15) is 19.5 Å². The number of halogens is 1. The van der Waals surface area contributed by atoms with Crippen molar-refractivity contribution in [3.8, 4) is 0 Å². The monoisotopic (exact) mass is 543 g/mol. The number of amides is 3. The number of likely N-dealkylation sites (tertiary alicyclic amines) is 1. The number of anilines is 1. The van der Waals surface area contributed by atoms with Crippen LogP contribution < -0.4 is 4.90 Å². The maximum Gasteiger partial charge on any atom is 0.253 e. The van der Waals surface area contributed by atoms with Gasteiger partial charge in [-0.2, -0.15) is 0 Å². The molecule has 2 bridgehead atoms. The van der Waals surface area contributed by atoms with Gasteiger partial charge in [-0.25, -0.2) is 0 Å². The predicted octanol–water partition coefficient (Wildman–Crippen LogP) is 3.29. The van der Waals surface area contributed by atoms with Crippen molar-refractivity contribution in [2.45, 2.75) is 56.9 Å². The van der Waals surface area contributed by atoms with Gasteiger partial charge >= 0.3 is 0 Å². The van der Waals surface area contributed by atoms with Gasteiger partial charge in [0.1, 0.15) is 11.6 Å². The van der Waals surface area contributed by atoms with Gasteiger partial charge in [-0.3, -0.25) is 14.4 Å². The van der Waals surface area contributed by atoms with Gasteiger partial charge in [0.2, 0.25) is 11.8 Å². The number of nitrogens with zero attached hydrogens (tertiary/aromatic N) is 3. The molecule has 38 heavy (non-hydrogen) atoms. The van der Waals surface area contributed by atoms with Crippen LogP contribution in [0.1, 0.15) is 33.6 Å². The van der Waals surface area contributed by atoms with Gasteiger partial charge < -0.3 is 24.5 Å². The van der Waals surface area contributed by atoms with Crippen molar-refractivity contribution in [3.63, 3.8) is 0 Å².